The van der Waals surface area contributed by atoms with Crippen LogP contribution in [0.1, 0.15) is 18.5 Å². The van der Waals surface area contributed by atoms with Gasteiger partial charge in [-0.15, -0.1) is 0 Å². The molecule has 3 nitrogen and oxygen atoms in total. The second-order valence-electron chi connectivity index (χ2n) is 3.57. The Morgan fingerprint density at radius 2 is 2.06 bits per heavy atom. The highest BCUT2D eigenvalue weighted by atomic mass is 79.9. The predicted molar refractivity (Wildman–Crippen MR) is 63.3 cm³/mol. The Kier molecular flexibility index (Phi) is 4.61. The molecule has 1 aromatic carbocycles. The fraction of sp³-hybridized carbons (Fsp3) is 0.364. The van der Waals surface area contributed by atoms with Crippen LogP contribution in [-0.4, -0.2) is 19.2 Å². The number of benzene rings is 1. The molecule has 1 rings (SSSR count). The zero-order valence-electron chi connectivity index (χ0n) is 9.64. The van der Waals surface area contributed by atoms with Gasteiger partial charge in [0.05, 0.1) is 11.6 Å². The van der Waals surface area contributed by atoms with Crippen LogP contribution in [0.2, 0.25) is 0 Å². The second-order valence-corrected chi connectivity index (χ2v) is 4.42. The lowest BCUT2D eigenvalue weighted by Gasteiger charge is -2.21. The standard InChI is InChI=1S/C11H11BrF3NO2/c1-6(17)16-10(11(13,14)15)7-3-4-9(18-2)8(12)5-7/h3-5,10H,1-2H3,(H,16,17)/t10-/m0/s1. The van der Waals surface area contributed by atoms with E-state index in [0.29, 0.717) is 10.2 Å². The number of carbonyl (C=O) groups excluding carboxylic acids is 1. The molecule has 0 radical (unpaired) electrons. The first-order chi connectivity index (χ1) is 8.25. The average Bonchev–Trinajstić information content (AvgIpc) is 2.24. The maximum atomic E-state index is 12.8. The van der Waals surface area contributed by atoms with E-state index in [1.807, 2.05) is 5.32 Å². The third-order valence-corrected chi connectivity index (χ3v) is 2.80. The van der Waals surface area contributed by atoms with Gasteiger partial charge in [-0.1, -0.05) is 6.07 Å². The molecule has 18 heavy (non-hydrogen) atoms. The van der Waals surface area contributed by atoms with Gasteiger partial charge in [-0.3, -0.25) is 4.79 Å². The highest BCUT2D eigenvalue weighted by Gasteiger charge is 2.41. The van der Waals surface area contributed by atoms with Gasteiger partial charge in [0.1, 0.15) is 5.75 Å². The van der Waals surface area contributed by atoms with Crippen molar-refractivity contribution in [3.63, 3.8) is 0 Å². The third kappa shape index (κ3) is 3.63. The highest BCUT2D eigenvalue weighted by molar-refractivity contribution is 9.10. The Bertz CT molecular complexity index is 448. The monoisotopic (exact) mass is 325 g/mol. The Morgan fingerprint density at radius 3 is 2.44 bits per heavy atom. The van der Waals surface area contributed by atoms with Crippen LogP contribution in [0.4, 0.5) is 13.2 Å². The quantitative estimate of drug-likeness (QED) is 0.926. The van der Waals surface area contributed by atoms with E-state index in [1.165, 1.54) is 25.3 Å². The lowest BCUT2D eigenvalue weighted by atomic mass is 10.1. The van der Waals surface area contributed by atoms with Crippen LogP contribution >= 0.6 is 15.9 Å². The molecule has 0 aliphatic carbocycles. The molecule has 0 saturated heterocycles. The van der Waals surface area contributed by atoms with Crippen molar-refractivity contribution in [3.05, 3.63) is 28.2 Å². The molecule has 1 amide bonds. The summed E-state index contributed by atoms with van der Waals surface area (Å²) in [6.45, 7) is 1.04. The summed E-state index contributed by atoms with van der Waals surface area (Å²) in [4.78, 5) is 10.8. The van der Waals surface area contributed by atoms with E-state index in [0.717, 1.165) is 6.92 Å². The smallest absolute Gasteiger partial charge is 0.412 e. The van der Waals surface area contributed by atoms with E-state index >= 15 is 0 Å². The van der Waals surface area contributed by atoms with Gasteiger partial charge >= 0.3 is 6.18 Å². The summed E-state index contributed by atoms with van der Waals surface area (Å²) in [5.41, 5.74) is -0.0645. The molecule has 0 saturated carbocycles. The van der Waals surface area contributed by atoms with Gasteiger partial charge in [-0.05, 0) is 33.6 Å². The minimum Gasteiger partial charge on any atom is -0.496 e. The number of halogens is 4. The van der Waals surface area contributed by atoms with E-state index in [4.69, 9.17) is 4.74 Å². The van der Waals surface area contributed by atoms with Gasteiger partial charge in [-0.2, -0.15) is 13.2 Å². The Hall–Kier alpha value is -1.24. The normalized spacial score (nSPS) is 13.0. The van der Waals surface area contributed by atoms with Gasteiger partial charge in [0, 0.05) is 6.92 Å². The van der Waals surface area contributed by atoms with E-state index in [-0.39, 0.29) is 5.56 Å². The van der Waals surface area contributed by atoms with Gasteiger partial charge < -0.3 is 10.1 Å². The van der Waals surface area contributed by atoms with E-state index in [2.05, 4.69) is 15.9 Å². The van der Waals surface area contributed by atoms with Crippen molar-refractivity contribution in [3.8, 4) is 5.75 Å². The summed E-state index contributed by atoms with van der Waals surface area (Å²) in [5, 5.41) is 1.88. The molecule has 1 N–H and O–H groups in total. The molecule has 0 heterocycles. The molecule has 0 spiro atoms. The van der Waals surface area contributed by atoms with Crippen LogP contribution < -0.4 is 10.1 Å². The van der Waals surface area contributed by atoms with Crippen molar-refractivity contribution in [2.24, 2.45) is 0 Å². The molecule has 0 aliphatic rings. The molecule has 0 unspecified atom stereocenters. The summed E-state index contributed by atoms with van der Waals surface area (Å²) >= 11 is 3.10. The highest BCUT2D eigenvalue weighted by Crippen LogP contribution is 2.36. The number of nitrogens with one attached hydrogen (secondary N) is 1. The number of methoxy groups -OCH3 is 1. The third-order valence-electron chi connectivity index (χ3n) is 2.18. The van der Waals surface area contributed by atoms with Gasteiger partial charge in [0.25, 0.3) is 0 Å². The zero-order chi connectivity index (χ0) is 13.9. The van der Waals surface area contributed by atoms with Crippen molar-refractivity contribution in [2.45, 2.75) is 19.1 Å². The summed E-state index contributed by atoms with van der Waals surface area (Å²) in [7, 11) is 1.41. The molecule has 1 aromatic rings. The zero-order valence-corrected chi connectivity index (χ0v) is 11.2. The summed E-state index contributed by atoms with van der Waals surface area (Å²) in [6.07, 6.45) is -4.56. The lowest BCUT2D eigenvalue weighted by molar-refractivity contribution is -0.162. The summed E-state index contributed by atoms with van der Waals surface area (Å²) < 4.78 is 43.8. The van der Waals surface area contributed by atoms with Gasteiger partial charge in [-0.25, -0.2) is 0 Å². The number of hydrogen-bond donors (Lipinski definition) is 1. The van der Waals surface area contributed by atoms with Crippen molar-refractivity contribution in [1.82, 2.24) is 5.32 Å². The first kappa shape index (κ1) is 14.8. The van der Waals surface area contributed by atoms with Gasteiger partial charge in [0.2, 0.25) is 5.91 Å². The number of rotatable bonds is 3. The SMILES string of the molecule is COc1ccc([C@H](NC(C)=O)C(F)(F)F)cc1Br. The molecular formula is C11H11BrF3NO2. The maximum Gasteiger partial charge on any atom is 0.412 e. The molecule has 7 heteroatoms. The van der Waals surface area contributed by atoms with Crippen molar-refractivity contribution in [1.29, 1.82) is 0 Å². The minimum absolute atomic E-state index is 0.0645. The first-order valence-corrected chi connectivity index (χ1v) is 5.72. The predicted octanol–water partition coefficient (Wildman–Crippen LogP) is 3.20. The molecular weight excluding hydrogens is 315 g/mol. The van der Waals surface area contributed by atoms with Crippen LogP contribution in [0.25, 0.3) is 0 Å². The van der Waals surface area contributed by atoms with Crippen LogP contribution in [0.15, 0.2) is 22.7 Å². The summed E-state index contributed by atoms with van der Waals surface area (Å²) in [6, 6.07) is 1.90. The largest absolute Gasteiger partial charge is 0.496 e. The molecule has 100 valence electrons. The molecule has 0 aromatic heterocycles. The van der Waals surface area contributed by atoms with Crippen molar-refractivity contribution in [2.75, 3.05) is 7.11 Å². The number of carbonyl (C=O) groups is 1. The van der Waals surface area contributed by atoms with Gasteiger partial charge in [0.15, 0.2) is 6.04 Å². The number of hydrogen-bond acceptors (Lipinski definition) is 2. The van der Waals surface area contributed by atoms with E-state index in [9.17, 15) is 18.0 Å². The summed E-state index contributed by atoms with van der Waals surface area (Å²) in [5.74, 6) is -0.327. The molecule has 1 atom stereocenters. The Labute approximate surface area is 110 Å². The number of amides is 1. The van der Waals surface area contributed by atoms with Crippen LogP contribution in [-0.2, 0) is 4.79 Å². The first-order valence-electron chi connectivity index (χ1n) is 4.93. The maximum absolute atomic E-state index is 12.8. The fourth-order valence-electron chi connectivity index (χ4n) is 1.42. The molecule has 0 aliphatic heterocycles. The Balaban J connectivity index is 3.13. The van der Waals surface area contributed by atoms with Crippen LogP contribution in [0, 0.1) is 0 Å². The fourth-order valence-corrected chi connectivity index (χ4v) is 1.98. The van der Waals surface area contributed by atoms with E-state index in [1.54, 1.807) is 0 Å². The van der Waals surface area contributed by atoms with E-state index < -0.39 is 18.1 Å². The Morgan fingerprint density at radius 1 is 1.44 bits per heavy atom. The number of alkyl halides is 3. The lowest BCUT2D eigenvalue weighted by Crippen LogP contribution is -2.36. The molecule has 0 fully saturated rings. The number of ether oxygens (including phenoxy) is 1. The minimum atomic E-state index is -4.56. The van der Waals surface area contributed by atoms with Crippen LogP contribution in [0.3, 0.4) is 0 Å². The average molecular weight is 326 g/mol. The topological polar surface area (TPSA) is 38.3 Å². The van der Waals surface area contributed by atoms with Crippen molar-refractivity contribution >= 4 is 21.8 Å². The second kappa shape index (κ2) is 5.60. The van der Waals surface area contributed by atoms with Crippen LogP contribution in [0.5, 0.6) is 5.75 Å². The van der Waals surface area contributed by atoms with Crippen molar-refractivity contribution < 1.29 is 22.7 Å². The molecule has 0 bridgehead atoms.